The van der Waals surface area contributed by atoms with Crippen LogP contribution in [0.5, 0.6) is 5.75 Å². The zero-order chi connectivity index (χ0) is 11.4. The summed E-state index contributed by atoms with van der Waals surface area (Å²) in [5.74, 6) is -0.194. The lowest BCUT2D eigenvalue weighted by molar-refractivity contribution is 0.0678. The molecule has 1 atom stereocenters. The van der Waals surface area contributed by atoms with Crippen molar-refractivity contribution in [3.05, 3.63) is 29.6 Å². The first-order chi connectivity index (χ1) is 7.79. The molecule has 0 spiro atoms. The fourth-order valence-corrected chi connectivity index (χ4v) is 1.62. The molecule has 1 aliphatic rings. The van der Waals surface area contributed by atoms with Crippen molar-refractivity contribution in [2.45, 2.75) is 18.9 Å². The van der Waals surface area contributed by atoms with Crippen molar-refractivity contribution in [1.29, 1.82) is 5.26 Å². The van der Waals surface area contributed by atoms with Gasteiger partial charge in [0.1, 0.15) is 24.2 Å². The van der Waals surface area contributed by atoms with Crippen LogP contribution in [-0.2, 0) is 4.74 Å². The molecule has 0 N–H and O–H groups in total. The van der Waals surface area contributed by atoms with Gasteiger partial charge in [0, 0.05) is 12.7 Å². The number of hydrogen-bond donors (Lipinski definition) is 0. The topological polar surface area (TPSA) is 42.2 Å². The monoisotopic (exact) mass is 220 g/mol. The van der Waals surface area contributed by atoms with Gasteiger partial charge in [0.05, 0.1) is 11.7 Å². The SMILES string of the molecule is N#Cc1cc(F)[c]cc1OCC1CCCO1. The Bertz CT molecular complexity index is 408. The summed E-state index contributed by atoms with van der Waals surface area (Å²) in [6, 6.07) is 6.72. The van der Waals surface area contributed by atoms with Gasteiger partial charge < -0.3 is 9.47 Å². The summed E-state index contributed by atoms with van der Waals surface area (Å²) in [6.07, 6.45) is 2.08. The van der Waals surface area contributed by atoms with Gasteiger partial charge in [0.25, 0.3) is 0 Å². The molecule has 4 heteroatoms. The van der Waals surface area contributed by atoms with E-state index < -0.39 is 5.82 Å². The van der Waals surface area contributed by atoms with Crippen LogP contribution in [0.15, 0.2) is 12.1 Å². The molecule has 3 nitrogen and oxygen atoms in total. The van der Waals surface area contributed by atoms with Crippen LogP contribution in [0.3, 0.4) is 0 Å². The third kappa shape index (κ3) is 2.50. The molecule has 0 saturated carbocycles. The Labute approximate surface area is 93.4 Å². The van der Waals surface area contributed by atoms with Gasteiger partial charge in [-0.1, -0.05) is 0 Å². The highest BCUT2D eigenvalue weighted by molar-refractivity contribution is 5.42. The highest BCUT2D eigenvalue weighted by Gasteiger charge is 2.16. The molecule has 0 aliphatic carbocycles. The van der Waals surface area contributed by atoms with E-state index in [4.69, 9.17) is 14.7 Å². The summed E-state index contributed by atoms with van der Waals surface area (Å²) in [7, 11) is 0. The Morgan fingerprint density at radius 2 is 2.56 bits per heavy atom. The first kappa shape index (κ1) is 10.9. The Kier molecular flexibility index (Phi) is 3.37. The Morgan fingerprint density at radius 3 is 3.25 bits per heavy atom. The summed E-state index contributed by atoms with van der Waals surface area (Å²) < 4.78 is 23.6. The van der Waals surface area contributed by atoms with Crippen LogP contribution >= 0.6 is 0 Å². The fraction of sp³-hybridized carbons (Fsp3) is 0.417. The van der Waals surface area contributed by atoms with Crippen molar-refractivity contribution in [1.82, 2.24) is 0 Å². The van der Waals surface area contributed by atoms with Crippen LogP contribution in [0.2, 0.25) is 0 Å². The van der Waals surface area contributed by atoms with Gasteiger partial charge in [-0.25, -0.2) is 4.39 Å². The molecule has 16 heavy (non-hydrogen) atoms. The first-order valence-corrected chi connectivity index (χ1v) is 5.15. The number of ether oxygens (including phenoxy) is 2. The second-order valence-electron chi connectivity index (χ2n) is 3.62. The molecular weight excluding hydrogens is 209 g/mol. The molecule has 0 bridgehead atoms. The molecule has 1 radical (unpaired) electrons. The Hall–Kier alpha value is -1.60. The summed E-state index contributed by atoms with van der Waals surface area (Å²) >= 11 is 0. The number of hydrogen-bond acceptors (Lipinski definition) is 3. The number of nitrogens with zero attached hydrogens (tertiary/aromatic N) is 1. The van der Waals surface area contributed by atoms with E-state index in [1.54, 1.807) is 0 Å². The van der Waals surface area contributed by atoms with Crippen molar-refractivity contribution >= 4 is 0 Å². The zero-order valence-electron chi connectivity index (χ0n) is 8.70. The lowest BCUT2D eigenvalue weighted by Crippen LogP contribution is -2.16. The van der Waals surface area contributed by atoms with Crippen LogP contribution < -0.4 is 4.74 Å². The van der Waals surface area contributed by atoms with Gasteiger partial charge in [0.2, 0.25) is 0 Å². The molecule has 1 heterocycles. The van der Waals surface area contributed by atoms with Crippen molar-refractivity contribution in [2.75, 3.05) is 13.2 Å². The number of benzene rings is 1. The summed E-state index contributed by atoms with van der Waals surface area (Å²) in [5, 5.41) is 8.79. The number of halogens is 1. The van der Waals surface area contributed by atoms with Crippen molar-refractivity contribution in [3.63, 3.8) is 0 Å². The second-order valence-corrected chi connectivity index (χ2v) is 3.62. The Morgan fingerprint density at radius 1 is 1.69 bits per heavy atom. The van der Waals surface area contributed by atoms with Crippen LogP contribution in [0.25, 0.3) is 0 Å². The summed E-state index contributed by atoms with van der Waals surface area (Å²) in [5.41, 5.74) is 0.189. The number of nitriles is 1. The molecular formula is C12H11FNO2. The maximum absolute atomic E-state index is 12.8. The average molecular weight is 220 g/mol. The molecule has 1 unspecified atom stereocenters. The van der Waals surface area contributed by atoms with Crippen molar-refractivity contribution in [3.8, 4) is 11.8 Å². The van der Waals surface area contributed by atoms with E-state index in [1.165, 1.54) is 6.07 Å². The molecule has 1 saturated heterocycles. The third-order valence-electron chi connectivity index (χ3n) is 2.45. The minimum absolute atomic E-state index is 0.0802. The van der Waals surface area contributed by atoms with E-state index >= 15 is 0 Å². The summed E-state index contributed by atoms with van der Waals surface area (Å²) in [6.45, 7) is 1.16. The molecule has 1 aliphatic heterocycles. The van der Waals surface area contributed by atoms with E-state index in [0.29, 0.717) is 12.4 Å². The number of rotatable bonds is 3. The van der Waals surface area contributed by atoms with E-state index in [-0.39, 0.29) is 11.7 Å². The molecule has 0 amide bonds. The zero-order valence-corrected chi connectivity index (χ0v) is 8.70. The van der Waals surface area contributed by atoms with Crippen LogP contribution in [0, 0.1) is 23.2 Å². The predicted molar refractivity (Wildman–Crippen MR) is 54.4 cm³/mol. The smallest absolute Gasteiger partial charge is 0.138 e. The molecule has 0 aromatic heterocycles. The molecule has 1 aromatic carbocycles. The minimum atomic E-state index is -0.555. The van der Waals surface area contributed by atoms with Gasteiger partial charge in [-0.15, -0.1) is 0 Å². The van der Waals surface area contributed by atoms with Gasteiger partial charge in [-0.3, -0.25) is 0 Å². The predicted octanol–water partition coefficient (Wildman–Crippen LogP) is 2.06. The first-order valence-electron chi connectivity index (χ1n) is 5.15. The van der Waals surface area contributed by atoms with E-state index in [0.717, 1.165) is 25.5 Å². The van der Waals surface area contributed by atoms with Crippen LogP contribution in [0.4, 0.5) is 4.39 Å². The highest BCUT2D eigenvalue weighted by atomic mass is 19.1. The maximum atomic E-state index is 12.8. The largest absolute Gasteiger partial charge is 0.489 e. The quantitative estimate of drug-likeness (QED) is 0.783. The van der Waals surface area contributed by atoms with Gasteiger partial charge in [-0.05, 0) is 25.0 Å². The van der Waals surface area contributed by atoms with E-state index in [1.807, 2.05) is 6.07 Å². The molecule has 2 rings (SSSR count). The van der Waals surface area contributed by atoms with E-state index in [2.05, 4.69) is 6.07 Å². The lowest BCUT2D eigenvalue weighted by atomic mass is 10.2. The second kappa shape index (κ2) is 4.95. The van der Waals surface area contributed by atoms with Gasteiger partial charge >= 0.3 is 0 Å². The summed E-state index contributed by atoms with van der Waals surface area (Å²) in [4.78, 5) is 0. The van der Waals surface area contributed by atoms with Crippen LogP contribution in [0.1, 0.15) is 18.4 Å². The van der Waals surface area contributed by atoms with Crippen LogP contribution in [-0.4, -0.2) is 19.3 Å². The maximum Gasteiger partial charge on any atom is 0.138 e. The highest BCUT2D eigenvalue weighted by Crippen LogP contribution is 2.20. The van der Waals surface area contributed by atoms with Crippen molar-refractivity contribution < 1.29 is 13.9 Å². The third-order valence-corrected chi connectivity index (χ3v) is 2.45. The lowest BCUT2D eigenvalue weighted by Gasteiger charge is -2.12. The Balaban J connectivity index is 2.00. The van der Waals surface area contributed by atoms with Crippen molar-refractivity contribution in [2.24, 2.45) is 0 Å². The van der Waals surface area contributed by atoms with Gasteiger partial charge in [-0.2, -0.15) is 5.26 Å². The van der Waals surface area contributed by atoms with Gasteiger partial charge in [0.15, 0.2) is 0 Å². The normalized spacial score (nSPS) is 19.4. The molecule has 1 fully saturated rings. The molecule has 1 aromatic rings. The van der Waals surface area contributed by atoms with E-state index in [9.17, 15) is 4.39 Å². The minimum Gasteiger partial charge on any atom is -0.489 e. The average Bonchev–Trinajstić information content (AvgIpc) is 2.80. The molecule has 83 valence electrons. The fourth-order valence-electron chi connectivity index (χ4n) is 1.62. The standard InChI is InChI=1S/C12H11FNO2/c13-10-3-4-12(9(6-10)7-14)16-8-11-2-1-5-15-11/h4,6,11H,1-2,5,8H2.